The lowest BCUT2D eigenvalue weighted by Gasteiger charge is -2.08. The Morgan fingerprint density at radius 2 is 2.38 bits per heavy atom. The second-order valence-electron chi connectivity index (χ2n) is 3.35. The van der Waals surface area contributed by atoms with Gasteiger partial charge in [-0.25, -0.2) is 4.98 Å². The summed E-state index contributed by atoms with van der Waals surface area (Å²) in [4.78, 5) is 4.01. The molecule has 0 aliphatic heterocycles. The average Bonchev–Trinajstić information content (AvgIpc) is 2.15. The summed E-state index contributed by atoms with van der Waals surface area (Å²) >= 11 is 0. The second kappa shape index (κ2) is 4.51. The predicted octanol–water partition coefficient (Wildman–Crippen LogP) is 2.13. The number of nitrogens with zero attached hydrogens (tertiary/aromatic N) is 1. The Kier molecular flexibility index (Phi) is 3.33. The van der Waals surface area contributed by atoms with Crippen LogP contribution >= 0.6 is 0 Å². The van der Waals surface area contributed by atoms with Crippen molar-refractivity contribution >= 4 is 5.69 Å². The van der Waals surface area contributed by atoms with Gasteiger partial charge in [0.25, 0.3) is 0 Å². The summed E-state index contributed by atoms with van der Waals surface area (Å²) < 4.78 is 0. The van der Waals surface area contributed by atoms with E-state index in [9.17, 15) is 0 Å². The number of hydrogen-bond donors (Lipinski definition) is 1. The molecule has 0 aliphatic carbocycles. The van der Waals surface area contributed by atoms with Crippen molar-refractivity contribution in [1.29, 1.82) is 0 Å². The SMILES string of the molecule is C#Cc1cc(NCC(C)C)ccn1. The summed E-state index contributed by atoms with van der Waals surface area (Å²) in [6, 6.07) is 3.80. The first kappa shape index (κ1) is 9.60. The molecule has 2 nitrogen and oxygen atoms in total. The predicted molar refractivity (Wildman–Crippen MR) is 55.5 cm³/mol. The third kappa shape index (κ3) is 3.16. The molecule has 1 heterocycles. The van der Waals surface area contributed by atoms with Gasteiger partial charge in [-0.1, -0.05) is 19.8 Å². The molecule has 0 atom stereocenters. The van der Waals surface area contributed by atoms with Crippen molar-refractivity contribution in [2.75, 3.05) is 11.9 Å². The standard InChI is InChI=1S/C11H14N2/c1-4-10-7-11(5-6-12-10)13-8-9(2)3/h1,5-7,9H,8H2,2-3H3,(H,12,13). The Labute approximate surface area is 79.4 Å². The fourth-order valence-electron chi connectivity index (χ4n) is 0.941. The second-order valence-corrected chi connectivity index (χ2v) is 3.35. The summed E-state index contributed by atoms with van der Waals surface area (Å²) in [5.41, 5.74) is 1.71. The molecule has 0 bridgehead atoms. The van der Waals surface area contributed by atoms with Crippen molar-refractivity contribution in [1.82, 2.24) is 4.98 Å². The van der Waals surface area contributed by atoms with Crippen molar-refractivity contribution in [2.24, 2.45) is 5.92 Å². The van der Waals surface area contributed by atoms with E-state index in [0.29, 0.717) is 11.6 Å². The first-order chi connectivity index (χ1) is 6.22. The van der Waals surface area contributed by atoms with E-state index >= 15 is 0 Å². The van der Waals surface area contributed by atoms with E-state index in [2.05, 4.69) is 30.1 Å². The van der Waals surface area contributed by atoms with E-state index < -0.39 is 0 Å². The van der Waals surface area contributed by atoms with Gasteiger partial charge in [0.1, 0.15) is 5.69 Å². The van der Waals surface area contributed by atoms with Gasteiger partial charge >= 0.3 is 0 Å². The fraction of sp³-hybridized carbons (Fsp3) is 0.364. The molecule has 0 amide bonds. The van der Waals surface area contributed by atoms with Crippen LogP contribution in [0.1, 0.15) is 19.5 Å². The van der Waals surface area contributed by atoms with Gasteiger partial charge in [-0.3, -0.25) is 0 Å². The molecule has 0 saturated carbocycles. The molecular formula is C11H14N2. The molecule has 2 heteroatoms. The highest BCUT2D eigenvalue weighted by Gasteiger charge is 1.95. The zero-order chi connectivity index (χ0) is 9.68. The van der Waals surface area contributed by atoms with Crippen LogP contribution < -0.4 is 5.32 Å². The normalized spacial score (nSPS) is 9.69. The maximum atomic E-state index is 5.23. The van der Waals surface area contributed by atoms with Crippen LogP contribution in [0.25, 0.3) is 0 Å². The van der Waals surface area contributed by atoms with Gasteiger partial charge in [0.2, 0.25) is 0 Å². The number of pyridine rings is 1. The summed E-state index contributed by atoms with van der Waals surface area (Å²) in [6.45, 7) is 5.28. The molecule has 0 fully saturated rings. The van der Waals surface area contributed by atoms with Crippen LogP contribution in [0.15, 0.2) is 18.3 Å². The maximum Gasteiger partial charge on any atom is 0.114 e. The van der Waals surface area contributed by atoms with Gasteiger partial charge in [0, 0.05) is 18.4 Å². The van der Waals surface area contributed by atoms with Crippen molar-refractivity contribution in [2.45, 2.75) is 13.8 Å². The minimum absolute atomic E-state index is 0.627. The van der Waals surface area contributed by atoms with Crippen LogP contribution in [0.2, 0.25) is 0 Å². The molecule has 1 aromatic heterocycles. The Hall–Kier alpha value is -1.49. The van der Waals surface area contributed by atoms with Crippen LogP contribution in [0.3, 0.4) is 0 Å². The van der Waals surface area contributed by atoms with Crippen LogP contribution in [0, 0.1) is 18.3 Å². The number of anilines is 1. The van der Waals surface area contributed by atoms with E-state index in [4.69, 9.17) is 6.42 Å². The molecule has 0 unspecified atom stereocenters. The minimum Gasteiger partial charge on any atom is -0.385 e. The summed E-state index contributed by atoms with van der Waals surface area (Å²) in [5.74, 6) is 3.13. The molecule has 0 aromatic carbocycles. The molecular weight excluding hydrogens is 160 g/mol. The molecule has 0 aliphatic rings. The Balaban J connectivity index is 2.63. The van der Waals surface area contributed by atoms with Gasteiger partial charge < -0.3 is 5.32 Å². The third-order valence-electron chi connectivity index (χ3n) is 1.62. The first-order valence-corrected chi connectivity index (χ1v) is 4.39. The van der Waals surface area contributed by atoms with Crippen LogP contribution in [-0.2, 0) is 0 Å². The number of nitrogens with one attached hydrogen (secondary N) is 1. The van der Waals surface area contributed by atoms with Gasteiger partial charge in [-0.05, 0) is 18.1 Å². The van der Waals surface area contributed by atoms with Gasteiger partial charge in [-0.2, -0.15) is 0 Å². The van der Waals surface area contributed by atoms with Crippen LogP contribution in [-0.4, -0.2) is 11.5 Å². The fourth-order valence-corrected chi connectivity index (χ4v) is 0.941. The van der Waals surface area contributed by atoms with Gasteiger partial charge in [-0.15, -0.1) is 6.42 Å². The first-order valence-electron chi connectivity index (χ1n) is 4.39. The van der Waals surface area contributed by atoms with Crippen LogP contribution in [0.5, 0.6) is 0 Å². The lowest BCUT2D eigenvalue weighted by Crippen LogP contribution is -2.07. The molecule has 1 rings (SSSR count). The number of aromatic nitrogens is 1. The number of rotatable bonds is 3. The van der Waals surface area contributed by atoms with E-state index in [-0.39, 0.29) is 0 Å². The largest absolute Gasteiger partial charge is 0.385 e. The molecule has 0 radical (unpaired) electrons. The summed E-state index contributed by atoms with van der Waals surface area (Å²) in [5, 5.41) is 3.28. The van der Waals surface area contributed by atoms with Gasteiger partial charge in [0.15, 0.2) is 0 Å². The smallest absolute Gasteiger partial charge is 0.114 e. The monoisotopic (exact) mass is 174 g/mol. The van der Waals surface area contributed by atoms with Crippen molar-refractivity contribution < 1.29 is 0 Å². The van der Waals surface area contributed by atoms with Crippen LogP contribution in [0.4, 0.5) is 5.69 Å². The summed E-state index contributed by atoms with van der Waals surface area (Å²) in [6.07, 6.45) is 6.95. The van der Waals surface area contributed by atoms with E-state index in [1.165, 1.54) is 0 Å². The van der Waals surface area contributed by atoms with Crippen molar-refractivity contribution in [3.63, 3.8) is 0 Å². The number of hydrogen-bond acceptors (Lipinski definition) is 2. The van der Waals surface area contributed by atoms with E-state index in [0.717, 1.165) is 12.2 Å². The Morgan fingerprint density at radius 1 is 1.62 bits per heavy atom. The van der Waals surface area contributed by atoms with E-state index in [1.807, 2.05) is 12.1 Å². The lowest BCUT2D eigenvalue weighted by molar-refractivity contribution is 0.689. The highest BCUT2D eigenvalue weighted by molar-refractivity contribution is 5.46. The molecule has 0 spiro atoms. The zero-order valence-electron chi connectivity index (χ0n) is 8.04. The molecule has 68 valence electrons. The lowest BCUT2D eigenvalue weighted by atomic mass is 10.2. The average molecular weight is 174 g/mol. The number of terminal acetylenes is 1. The van der Waals surface area contributed by atoms with Gasteiger partial charge in [0.05, 0.1) is 0 Å². The molecule has 1 N–H and O–H groups in total. The molecule has 0 saturated heterocycles. The zero-order valence-corrected chi connectivity index (χ0v) is 8.04. The summed E-state index contributed by atoms with van der Waals surface area (Å²) in [7, 11) is 0. The highest BCUT2D eigenvalue weighted by atomic mass is 14.9. The Bertz CT molecular complexity index is 310. The van der Waals surface area contributed by atoms with Crippen molar-refractivity contribution in [3.8, 4) is 12.3 Å². The maximum absolute atomic E-state index is 5.23. The quantitative estimate of drug-likeness (QED) is 0.710. The molecule has 1 aromatic rings. The Morgan fingerprint density at radius 3 is 3.00 bits per heavy atom. The molecule has 13 heavy (non-hydrogen) atoms. The minimum atomic E-state index is 0.627. The van der Waals surface area contributed by atoms with Crippen molar-refractivity contribution in [3.05, 3.63) is 24.0 Å². The third-order valence-corrected chi connectivity index (χ3v) is 1.62. The highest BCUT2D eigenvalue weighted by Crippen LogP contribution is 2.07. The topological polar surface area (TPSA) is 24.9 Å². The van der Waals surface area contributed by atoms with E-state index in [1.54, 1.807) is 6.20 Å².